The second-order valence-corrected chi connectivity index (χ2v) is 5.53. The first-order valence-electron chi connectivity index (χ1n) is 6.66. The second-order valence-electron chi connectivity index (χ2n) is 4.56. The van der Waals surface area contributed by atoms with E-state index < -0.39 is 5.97 Å². The summed E-state index contributed by atoms with van der Waals surface area (Å²) in [6.45, 7) is 4.72. The minimum Gasteiger partial charge on any atom is -0.477 e. The van der Waals surface area contributed by atoms with Gasteiger partial charge in [0.05, 0.1) is 5.69 Å². The molecule has 0 radical (unpaired) electrons. The van der Waals surface area contributed by atoms with Gasteiger partial charge < -0.3 is 10.0 Å². The lowest BCUT2D eigenvalue weighted by Gasteiger charge is -2.21. The molecule has 0 bridgehead atoms. The van der Waals surface area contributed by atoms with Crippen LogP contribution in [-0.4, -0.2) is 22.6 Å². The van der Waals surface area contributed by atoms with Crippen LogP contribution in [0.2, 0.25) is 0 Å². The van der Waals surface area contributed by atoms with Gasteiger partial charge in [-0.2, -0.15) is 0 Å². The SMILES string of the molecule is CCCCN(c1ccccc1)c1nc(C)c(C(=O)O)s1. The fourth-order valence-electron chi connectivity index (χ4n) is 1.96. The molecule has 0 fully saturated rings. The Balaban J connectivity index is 2.36. The third kappa shape index (κ3) is 3.17. The van der Waals surface area contributed by atoms with Gasteiger partial charge >= 0.3 is 5.97 Å². The van der Waals surface area contributed by atoms with E-state index in [0.717, 1.165) is 30.2 Å². The third-order valence-electron chi connectivity index (χ3n) is 3.01. The zero-order chi connectivity index (χ0) is 14.5. The van der Waals surface area contributed by atoms with Crippen LogP contribution in [0, 0.1) is 6.92 Å². The van der Waals surface area contributed by atoms with Crippen LogP contribution in [0.1, 0.15) is 35.1 Å². The fraction of sp³-hybridized carbons (Fsp3) is 0.333. The smallest absolute Gasteiger partial charge is 0.347 e. The van der Waals surface area contributed by atoms with Crippen LogP contribution in [0.15, 0.2) is 30.3 Å². The van der Waals surface area contributed by atoms with Gasteiger partial charge in [0, 0.05) is 12.2 Å². The second kappa shape index (κ2) is 6.52. The summed E-state index contributed by atoms with van der Waals surface area (Å²) in [5.41, 5.74) is 1.63. The molecule has 0 amide bonds. The number of aromatic nitrogens is 1. The van der Waals surface area contributed by atoms with Crippen LogP contribution in [0.4, 0.5) is 10.8 Å². The van der Waals surface area contributed by atoms with Crippen LogP contribution in [-0.2, 0) is 0 Å². The van der Waals surface area contributed by atoms with Gasteiger partial charge in [-0.1, -0.05) is 42.9 Å². The summed E-state index contributed by atoms with van der Waals surface area (Å²) in [6.07, 6.45) is 2.12. The number of carbonyl (C=O) groups is 1. The Morgan fingerprint density at radius 3 is 2.60 bits per heavy atom. The van der Waals surface area contributed by atoms with Crippen LogP contribution < -0.4 is 4.90 Å². The first-order chi connectivity index (χ1) is 9.63. The Kier molecular flexibility index (Phi) is 4.74. The van der Waals surface area contributed by atoms with Gasteiger partial charge in [-0.15, -0.1) is 0 Å². The average Bonchev–Trinajstić information content (AvgIpc) is 2.82. The number of aromatic carboxylic acids is 1. The number of rotatable bonds is 6. The number of hydrogen-bond donors (Lipinski definition) is 1. The van der Waals surface area contributed by atoms with Gasteiger partial charge in [-0.05, 0) is 25.5 Å². The highest BCUT2D eigenvalue weighted by atomic mass is 32.1. The summed E-state index contributed by atoms with van der Waals surface area (Å²) in [5, 5.41) is 9.91. The number of nitrogens with zero attached hydrogens (tertiary/aromatic N) is 2. The van der Waals surface area contributed by atoms with Crippen LogP contribution in [0.3, 0.4) is 0 Å². The van der Waals surface area contributed by atoms with Crippen molar-refractivity contribution in [1.29, 1.82) is 0 Å². The van der Waals surface area contributed by atoms with Crippen LogP contribution in [0.5, 0.6) is 0 Å². The summed E-state index contributed by atoms with van der Waals surface area (Å²) >= 11 is 1.24. The maximum atomic E-state index is 11.2. The van der Waals surface area contributed by atoms with E-state index in [1.54, 1.807) is 6.92 Å². The van der Waals surface area contributed by atoms with Crippen molar-refractivity contribution in [1.82, 2.24) is 4.98 Å². The Morgan fingerprint density at radius 2 is 2.05 bits per heavy atom. The minimum absolute atomic E-state index is 0.317. The number of anilines is 2. The minimum atomic E-state index is -0.908. The first-order valence-corrected chi connectivity index (χ1v) is 7.48. The summed E-state index contributed by atoms with van der Waals surface area (Å²) < 4.78 is 0. The molecule has 4 nitrogen and oxygen atoms in total. The van der Waals surface area contributed by atoms with E-state index in [1.165, 1.54) is 11.3 Å². The number of thiazole rings is 1. The number of aryl methyl sites for hydroxylation is 1. The molecule has 0 unspecified atom stereocenters. The highest BCUT2D eigenvalue weighted by Crippen LogP contribution is 2.31. The molecular formula is C15H18N2O2S. The molecule has 0 saturated carbocycles. The molecule has 2 aromatic rings. The molecule has 5 heteroatoms. The van der Waals surface area contributed by atoms with E-state index in [-0.39, 0.29) is 0 Å². The fourth-order valence-corrected chi connectivity index (χ4v) is 2.91. The lowest BCUT2D eigenvalue weighted by atomic mass is 10.2. The summed E-state index contributed by atoms with van der Waals surface area (Å²) in [4.78, 5) is 18.0. The van der Waals surface area contributed by atoms with E-state index in [2.05, 4.69) is 16.8 Å². The normalized spacial score (nSPS) is 10.5. The molecule has 0 atom stereocenters. The van der Waals surface area contributed by atoms with Crippen molar-refractivity contribution in [3.05, 3.63) is 40.9 Å². The predicted octanol–water partition coefficient (Wildman–Crippen LogP) is 4.09. The highest BCUT2D eigenvalue weighted by molar-refractivity contribution is 7.17. The maximum Gasteiger partial charge on any atom is 0.347 e. The van der Waals surface area contributed by atoms with E-state index in [9.17, 15) is 4.79 Å². The summed E-state index contributed by atoms with van der Waals surface area (Å²) in [5.74, 6) is -0.908. The topological polar surface area (TPSA) is 53.4 Å². The Labute approximate surface area is 122 Å². The van der Waals surface area contributed by atoms with Gasteiger partial charge in [-0.3, -0.25) is 0 Å². The molecular weight excluding hydrogens is 272 g/mol. The Bertz CT molecular complexity index is 581. The number of para-hydroxylation sites is 1. The highest BCUT2D eigenvalue weighted by Gasteiger charge is 2.19. The van der Waals surface area contributed by atoms with Crippen molar-refractivity contribution in [3.63, 3.8) is 0 Å². The Hall–Kier alpha value is -1.88. The van der Waals surface area contributed by atoms with Crippen LogP contribution in [0.25, 0.3) is 0 Å². The molecule has 20 heavy (non-hydrogen) atoms. The first kappa shape index (κ1) is 14.5. The summed E-state index contributed by atoms with van der Waals surface area (Å²) in [7, 11) is 0. The Morgan fingerprint density at radius 1 is 1.35 bits per heavy atom. The van der Waals surface area contributed by atoms with E-state index >= 15 is 0 Å². The summed E-state index contributed by atoms with van der Waals surface area (Å²) in [6, 6.07) is 9.97. The van der Waals surface area contributed by atoms with E-state index in [4.69, 9.17) is 5.11 Å². The molecule has 0 aliphatic rings. The van der Waals surface area contributed by atoms with Crippen molar-refractivity contribution in [2.45, 2.75) is 26.7 Å². The molecule has 1 heterocycles. The van der Waals surface area contributed by atoms with Gasteiger partial charge in [-0.25, -0.2) is 9.78 Å². The average molecular weight is 290 g/mol. The largest absolute Gasteiger partial charge is 0.477 e. The standard InChI is InChI=1S/C15H18N2O2S/c1-3-4-10-17(12-8-6-5-7-9-12)15-16-11(2)13(20-15)14(18)19/h5-9H,3-4,10H2,1-2H3,(H,18,19). The van der Waals surface area contributed by atoms with E-state index in [0.29, 0.717) is 10.6 Å². The molecule has 0 aliphatic heterocycles. The number of carboxylic acid groups (broad SMARTS) is 1. The predicted molar refractivity (Wildman–Crippen MR) is 82.2 cm³/mol. The molecule has 0 saturated heterocycles. The van der Waals surface area contributed by atoms with Gasteiger partial charge in [0.25, 0.3) is 0 Å². The maximum absolute atomic E-state index is 11.2. The zero-order valence-corrected chi connectivity index (χ0v) is 12.5. The van der Waals surface area contributed by atoms with Gasteiger partial charge in [0.1, 0.15) is 4.88 Å². The molecule has 0 aliphatic carbocycles. The quantitative estimate of drug-likeness (QED) is 0.870. The lowest BCUT2D eigenvalue weighted by molar-refractivity contribution is 0.0701. The molecule has 1 aromatic carbocycles. The van der Waals surface area contributed by atoms with Gasteiger partial charge in [0.15, 0.2) is 5.13 Å². The van der Waals surface area contributed by atoms with Crippen molar-refractivity contribution in [2.24, 2.45) is 0 Å². The third-order valence-corrected chi connectivity index (χ3v) is 4.18. The molecule has 1 N–H and O–H groups in total. The zero-order valence-electron chi connectivity index (χ0n) is 11.7. The number of unbranched alkanes of at least 4 members (excludes halogenated alkanes) is 1. The molecule has 1 aromatic heterocycles. The van der Waals surface area contributed by atoms with Crippen LogP contribution >= 0.6 is 11.3 Å². The molecule has 106 valence electrons. The van der Waals surface area contributed by atoms with Gasteiger partial charge in [0.2, 0.25) is 0 Å². The van der Waals surface area contributed by atoms with Crippen molar-refractivity contribution in [3.8, 4) is 0 Å². The van der Waals surface area contributed by atoms with Crippen molar-refractivity contribution < 1.29 is 9.90 Å². The monoisotopic (exact) mass is 290 g/mol. The molecule has 0 spiro atoms. The van der Waals surface area contributed by atoms with Crippen molar-refractivity contribution in [2.75, 3.05) is 11.4 Å². The molecule has 2 rings (SSSR count). The number of carboxylic acids is 1. The lowest BCUT2D eigenvalue weighted by Crippen LogP contribution is -2.18. The number of benzene rings is 1. The van der Waals surface area contributed by atoms with E-state index in [1.807, 2.05) is 30.3 Å². The van der Waals surface area contributed by atoms with Crippen molar-refractivity contribution >= 4 is 28.1 Å². The number of hydrogen-bond acceptors (Lipinski definition) is 4.